The van der Waals surface area contributed by atoms with Crippen molar-refractivity contribution < 1.29 is 19.4 Å². The number of nitrogens with zero attached hydrogens (tertiary/aromatic N) is 1. The number of carboxylic acids is 1. The zero-order valence-electron chi connectivity index (χ0n) is 11.2. The Labute approximate surface area is 126 Å². The predicted octanol–water partition coefficient (Wildman–Crippen LogP) is 3.82. The molecule has 0 aliphatic heterocycles. The number of aromatic nitrogens is 1. The van der Waals surface area contributed by atoms with Gasteiger partial charge in [0.05, 0.1) is 6.20 Å². The van der Waals surface area contributed by atoms with Gasteiger partial charge in [0.15, 0.2) is 5.78 Å². The first kappa shape index (κ1) is 15.0. The Kier molecular flexibility index (Phi) is 4.55. The molecular formula is C15H12ClNO4. The summed E-state index contributed by atoms with van der Waals surface area (Å²) < 4.78 is 5.48. The number of ketones is 1. The zero-order valence-corrected chi connectivity index (χ0v) is 11.9. The van der Waals surface area contributed by atoms with Crippen LogP contribution in [0.4, 0.5) is 0 Å². The third kappa shape index (κ3) is 3.58. The molecule has 1 aromatic heterocycles. The second-order valence-corrected chi connectivity index (χ2v) is 4.64. The van der Waals surface area contributed by atoms with Crippen molar-refractivity contribution in [2.45, 2.75) is 13.3 Å². The van der Waals surface area contributed by atoms with E-state index >= 15 is 0 Å². The molecule has 0 fully saturated rings. The van der Waals surface area contributed by atoms with Crippen molar-refractivity contribution >= 4 is 23.4 Å². The molecule has 108 valence electrons. The Morgan fingerprint density at radius 2 is 2.05 bits per heavy atom. The maximum atomic E-state index is 11.5. The Morgan fingerprint density at radius 1 is 1.29 bits per heavy atom. The first-order chi connectivity index (χ1) is 10.0. The normalized spacial score (nSPS) is 10.2. The second-order valence-electron chi connectivity index (χ2n) is 4.20. The van der Waals surface area contributed by atoms with Crippen LogP contribution in [-0.2, 0) is 0 Å². The molecule has 1 aromatic carbocycles. The molecule has 1 N–H and O–H groups in total. The molecular weight excluding hydrogens is 294 g/mol. The lowest BCUT2D eigenvalue weighted by atomic mass is 10.2. The third-order valence-corrected chi connectivity index (χ3v) is 2.98. The fourth-order valence-corrected chi connectivity index (χ4v) is 1.84. The molecule has 6 heteroatoms. The summed E-state index contributed by atoms with van der Waals surface area (Å²) >= 11 is 5.77. The summed E-state index contributed by atoms with van der Waals surface area (Å²) in [5, 5.41) is 9.43. The van der Waals surface area contributed by atoms with E-state index in [4.69, 9.17) is 21.4 Å². The van der Waals surface area contributed by atoms with Crippen LogP contribution in [0.15, 0.2) is 36.5 Å². The highest BCUT2D eigenvalue weighted by Gasteiger charge is 2.13. The molecule has 0 amide bonds. The number of hydrogen-bond donors (Lipinski definition) is 1. The van der Waals surface area contributed by atoms with Gasteiger partial charge in [0.1, 0.15) is 22.8 Å². The van der Waals surface area contributed by atoms with E-state index in [0.29, 0.717) is 22.9 Å². The lowest BCUT2D eigenvalue weighted by molar-refractivity contribution is 0.0694. The summed E-state index contributed by atoms with van der Waals surface area (Å²) in [5.74, 6) is -0.715. The quantitative estimate of drug-likeness (QED) is 0.850. The SMILES string of the molecule is CCC(=O)c1ccc(Oc2ccc(Cl)cc2C(=O)O)cn1. The van der Waals surface area contributed by atoms with Gasteiger partial charge in [-0.1, -0.05) is 18.5 Å². The monoisotopic (exact) mass is 305 g/mol. The van der Waals surface area contributed by atoms with Gasteiger partial charge in [0.25, 0.3) is 0 Å². The lowest BCUT2D eigenvalue weighted by Crippen LogP contribution is -2.02. The minimum Gasteiger partial charge on any atom is -0.478 e. The third-order valence-electron chi connectivity index (χ3n) is 2.74. The Hall–Kier alpha value is -2.40. The number of benzene rings is 1. The van der Waals surface area contributed by atoms with Gasteiger partial charge in [0, 0.05) is 11.4 Å². The molecule has 2 rings (SSSR count). The molecule has 5 nitrogen and oxygen atoms in total. The molecule has 0 bridgehead atoms. The van der Waals surface area contributed by atoms with Crippen molar-refractivity contribution in [2.24, 2.45) is 0 Å². The number of carboxylic acid groups (broad SMARTS) is 1. The summed E-state index contributed by atoms with van der Waals surface area (Å²) in [7, 11) is 0. The van der Waals surface area contributed by atoms with E-state index in [1.165, 1.54) is 30.5 Å². The van der Waals surface area contributed by atoms with Crippen LogP contribution in [0.25, 0.3) is 0 Å². The fourth-order valence-electron chi connectivity index (χ4n) is 1.67. The standard InChI is InChI=1S/C15H12ClNO4/c1-2-13(18)12-5-4-10(8-17-12)21-14-6-3-9(16)7-11(14)15(19)20/h3-8H,2H2,1H3,(H,19,20). The summed E-state index contributed by atoms with van der Waals surface area (Å²) in [6.45, 7) is 1.75. The van der Waals surface area contributed by atoms with Crippen molar-refractivity contribution in [3.05, 3.63) is 52.8 Å². The Balaban J connectivity index is 2.26. The molecule has 2 aromatic rings. The number of aromatic carboxylic acids is 1. The van der Waals surface area contributed by atoms with Crippen molar-refractivity contribution in [1.29, 1.82) is 0 Å². The van der Waals surface area contributed by atoms with Crippen LogP contribution in [0, 0.1) is 0 Å². The number of rotatable bonds is 5. The minimum absolute atomic E-state index is 0.0452. The molecule has 0 spiro atoms. The molecule has 0 radical (unpaired) electrons. The number of hydrogen-bond acceptors (Lipinski definition) is 4. The van der Waals surface area contributed by atoms with Gasteiger partial charge in [-0.3, -0.25) is 4.79 Å². The number of carbonyl (C=O) groups excluding carboxylic acids is 1. The van der Waals surface area contributed by atoms with Crippen molar-refractivity contribution in [3.63, 3.8) is 0 Å². The predicted molar refractivity (Wildman–Crippen MR) is 77.3 cm³/mol. The van der Waals surface area contributed by atoms with Gasteiger partial charge in [-0.2, -0.15) is 0 Å². The first-order valence-electron chi connectivity index (χ1n) is 6.21. The average Bonchev–Trinajstić information content (AvgIpc) is 2.49. The van der Waals surface area contributed by atoms with Crippen LogP contribution in [0.1, 0.15) is 34.2 Å². The van der Waals surface area contributed by atoms with Gasteiger partial charge in [-0.05, 0) is 30.3 Å². The van der Waals surface area contributed by atoms with Crippen molar-refractivity contribution in [3.8, 4) is 11.5 Å². The average molecular weight is 306 g/mol. The maximum Gasteiger partial charge on any atom is 0.339 e. The molecule has 0 unspecified atom stereocenters. The Morgan fingerprint density at radius 3 is 2.62 bits per heavy atom. The fraction of sp³-hybridized carbons (Fsp3) is 0.133. The number of Topliss-reactive ketones (excluding diaryl/α,β-unsaturated/α-hetero) is 1. The molecule has 21 heavy (non-hydrogen) atoms. The Bertz CT molecular complexity index is 683. The number of halogens is 1. The van der Waals surface area contributed by atoms with E-state index in [2.05, 4.69) is 4.98 Å². The topological polar surface area (TPSA) is 76.5 Å². The summed E-state index contributed by atoms with van der Waals surface area (Å²) in [4.78, 5) is 26.6. The van der Waals surface area contributed by atoms with Crippen molar-refractivity contribution in [2.75, 3.05) is 0 Å². The number of pyridine rings is 1. The van der Waals surface area contributed by atoms with E-state index in [0.717, 1.165) is 0 Å². The van der Waals surface area contributed by atoms with E-state index in [1.807, 2.05) is 0 Å². The smallest absolute Gasteiger partial charge is 0.339 e. The lowest BCUT2D eigenvalue weighted by Gasteiger charge is -2.09. The van der Waals surface area contributed by atoms with Gasteiger partial charge in [0.2, 0.25) is 0 Å². The highest BCUT2D eigenvalue weighted by Crippen LogP contribution is 2.27. The van der Waals surface area contributed by atoms with Crippen molar-refractivity contribution in [1.82, 2.24) is 4.98 Å². The maximum absolute atomic E-state index is 11.5. The van der Waals surface area contributed by atoms with Crippen LogP contribution < -0.4 is 4.74 Å². The van der Waals surface area contributed by atoms with Crippen LogP contribution >= 0.6 is 11.6 Å². The summed E-state index contributed by atoms with van der Waals surface area (Å²) in [5.41, 5.74) is 0.302. The van der Waals surface area contributed by atoms with Crippen LogP contribution in [-0.4, -0.2) is 21.8 Å². The number of ether oxygens (including phenoxy) is 1. The molecule has 0 saturated heterocycles. The van der Waals surface area contributed by atoms with E-state index in [-0.39, 0.29) is 17.1 Å². The van der Waals surface area contributed by atoms with Crippen LogP contribution in [0.3, 0.4) is 0 Å². The van der Waals surface area contributed by atoms with E-state index in [1.54, 1.807) is 13.0 Å². The summed E-state index contributed by atoms with van der Waals surface area (Å²) in [6.07, 6.45) is 1.75. The highest BCUT2D eigenvalue weighted by molar-refractivity contribution is 6.31. The summed E-state index contributed by atoms with van der Waals surface area (Å²) in [6, 6.07) is 7.41. The number of carbonyl (C=O) groups is 2. The van der Waals surface area contributed by atoms with Crippen LogP contribution in [0.5, 0.6) is 11.5 Å². The van der Waals surface area contributed by atoms with Gasteiger partial charge in [-0.15, -0.1) is 0 Å². The van der Waals surface area contributed by atoms with Gasteiger partial charge >= 0.3 is 5.97 Å². The first-order valence-corrected chi connectivity index (χ1v) is 6.59. The largest absolute Gasteiger partial charge is 0.478 e. The van der Waals surface area contributed by atoms with Gasteiger partial charge in [-0.25, -0.2) is 9.78 Å². The second kappa shape index (κ2) is 6.37. The molecule has 0 atom stereocenters. The highest BCUT2D eigenvalue weighted by atomic mass is 35.5. The minimum atomic E-state index is -1.14. The van der Waals surface area contributed by atoms with Crippen LogP contribution in [0.2, 0.25) is 5.02 Å². The molecule has 0 saturated carbocycles. The van der Waals surface area contributed by atoms with Gasteiger partial charge < -0.3 is 9.84 Å². The molecule has 0 aliphatic carbocycles. The van der Waals surface area contributed by atoms with E-state index in [9.17, 15) is 9.59 Å². The molecule has 0 aliphatic rings. The molecule has 1 heterocycles. The van der Waals surface area contributed by atoms with E-state index < -0.39 is 5.97 Å². The zero-order chi connectivity index (χ0) is 15.4.